The molecule has 0 saturated carbocycles. The van der Waals surface area contributed by atoms with Crippen LogP contribution in [0.4, 0.5) is 8.78 Å². The Kier molecular flexibility index (Phi) is 6.73. The number of thiophene rings is 1. The highest BCUT2D eigenvalue weighted by molar-refractivity contribution is 7.14. The highest BCUT2D eigenvalue weighted by Gasteiger charge is 2.25. The smallest absolute Gasteiger partial charge is 0.387 e. The topological polar surface area (TPSA) is 50.8 Å². The van der Waals surface area contributed by atoms with Gasteiger partial charge in [-0.25, -0.2) is 0 Å². The van der Waals surface area contributed by atoms with Crippen LogP contribution in [0.2, 0.25) is 0 Å². The molecule has 1 amide bonds. The van der Waals surface area contributed by atoms with Crippen LogP contribution >= 0.6 is 11.3 Å². The number of ether oxygens (including phenoxy) is 2. The van der Waals surface area contributed by atoms with Crippen molar-refractivity contribution in [3.8, 4) is 5.75 Å². The van der Waals surface area contributed by atoms with E-state index >= 15 is 0 Å². The minimum absolute atomic E-state index is 0.00918. The van der Waals surface area contributed by atoms with E-state index in [2.05, 4.69) is 15.0 Å². The molecule has 0 radical (unpaired) electrons. The fourth-order valence-corrected chi connectivity index (χ4v) is 3.53. The predicted octanol–water partition coefficient (Wildman–Crippen LogP) is 2.50. The third-order valence-electron chi connectivity index (χ3n) is 3.70. The number of aryl methyl sites for hydroxylation is 1. The van der Waals surface area contributed by atoms with Crippen LogP contribution in [0.1, 0.15) is 27.4 Å². The molecule has 0 aliphatic carbocycles. The molecule has 2 rings (SSSR count). The summed E-state index contributed by atoms with van der Waals surface area (Å²) in [6.07, 6.45) is 1.86. The first-order valence-corrected chi connectivity index (χ1v) is 8.38. The monoisotopic (exact) mass is 348 g/mol. The lowest BCUT2D eigenvalue weighted by Gasteiger charge is -2.32. The normalized spacial score (nSPS) is 19.1. The summed E-state index contributed by atoms with van der Waals surface area (Å²) in [7, 11) is 1.66. The van der Waals surface area contributed by atoms with Gasteiger partial charge in [0.15, 0.2) is 0 Å². The second kappa shape index (κ2) is 8.56. The Labute approximate surface area is 138 Å². The second-order valence-corrected chi connectivity index (χ2v) is 6.79. The lowest BCUT2D eigenvalue weighted by atomic mass is 10.1. The molecule has 1 aliphatic rings. The number of halogens is 2. The van der Waals surface area contributed by atoms with Gasteiger partial charge in [0.05, 0.1) is 6.61 Å². The van der Waals surface area contributed by atoms with Gasteiger partial charge >= 0.3 is 6.61 Å². The van der Waals surface area contributed by atoms with Gasteiger partial charge < -0.3 is 14.8 Å². The van der Waals surface area contributed by atoms with Crippen molar-refractivity contribution in [3.63, 3.8) is 0 Å². The van der Waals surface area contributed by atoms with Crippen LogP contribution < -0.4 is 10.1 Å². The number of alkyl halides is 2. The fraction of sp³-hybridized carbons (Fsp3) is 0.667. The third kappa shape index (κ3) is 5.40. The summed E-state index contributed by atoms with van der Waals surface area (Å²) in [5.74, 6) is -0.399. The summed E-state index contributed by atoms with van der Waals surface area (Å²) in [6.45, 7) is 2.01. The van der Waals surface area contributed by atoms with E-state index in [1.54, 1.807) is 14.0 Å². The Morgan fingerprint density at radius 2 is 2.35 bits per heavy atom. The van der Waals surface area contributed by atoms with Crippen LogP contribution in [0.15, 0.2) is 6.07 Å². The van der Waals surface area contributed by atoms with Crippen molar-refractivity contribution < 1.29 is 23.0 Å². The molecule has 1 unspecified atom stereocenters. The second-order valence-electron chi connectivity index (χ2n) is 5.53. The molecule has 1 fully saturated rings. The number of likely N-dealkylation sites (tertiary alicyclic amines) is 1. The highest BCUT2D eigenvalue weighted by Crippen LogP contribution is 2.30. The van der Waals surface area contributed by atoms with Crippen LogP contribution in [0, 0.1) is 6.92 Å². The van der Waals surface area contributed by atoms with Gasteiger partial charge in [0.25, 0.3) is 5.91 Å². The number of hydrogen-bond acceptors (Lipinski definition) is 5. The van der Waals surface area contributed by atoms with Crippen molar-refractivity contribution in [2.75, 3.05) is 33.4 Å². The van der Waals surface area contributed by atoms with Crippen molar-refractivity contribution in [2.45, 2.75) is 32.4 Å². The number of rotatable bonds is 7. The molecule has 130 valence electrons. The first-order chi connectivity index (χ1) is 11.0. The van der Waals surface area contributed by atoms with E-state index in [9.17, 15) is 13.6 Å². The quantitative estimate of drug-likeness (QED) is 0.823. The maximum atomic E-state index is 12.4. The van der Waals surface area contributed by atoms with E-state index in [1.807, 2.05) is 0 Å². The molecule has 23 heavy (non-hydrogen) atoms. The summed E-state index contributed by atoms with van der Waals surface area (Å²) in [5, 5.41) is 2.93. The van der Waals surface area contributed by atoms with Crippen molar-refractivity contribution in [3.05, 3.63) is 15.8 Å². The number of carbonyl (C=O) groups is 1. The summed E-state index contributed by atoms with van der Waals surface area (Å²) >= 11 is 1.16. The number of piperidine rings is 1. The SMILES string of the molecule is COCCN1CCCC(NC(=O)c2sc(C)cc2OC(F)F)C1. The van der Waals surface area contributed by atoms with E-state index < -0.39 is 6.61 Å². The zero-order valence-corrected chi connectivity index (χ0v) is 14.1. The minimum Gasteiger partial charge on any atom is -0.433 e. The van der Waals surface area contributed by atoms with E-state index in [-0.39, 0.29) is 22.6 Å². The molecule has 0 spiro atoms. The standard InChI is InChI=1S/C15H22F2N2O3S/c1-10-8-12(22-15(16)17)13(23-10)14(20)18-11-4-3-5-19(9-11)6-7-21-2/h8,11,15H,3-7,9H2,1-2H3,(H,18,20). The number of nitrogens with one attached hydrogen (secondary N) is 1. The van der Waals surface area contributed by atoms with E-state index in [0.29, 0.717) is 6.61 Å². The number of nitrogens with zero attached hydrogens (tertiary/aromatic N) is 1. The van der Waals surface area contributed by atoms with Gasteiger partial charge in [-0.15, -0.1) is 11.3 Å². The fourth-order valence-electron chi connectivity index (χ4n) is 2.68. The van der Waals surface area contributed by atoms with Crippen molar-refractivity contribution in [1.82, 2.24) is 10.2 Å². The van der Waals surface area contributed by atoms with E-state index in [1.165, 1.54) is 6.07 Å². The van der Waals surface area contributed by atoms with Gasteiger partial charge in [-0.2, -0.15) is 8.78 Å². The largest absolute Gasteiger partial charge is 0.433 e. The third-order valence-corrected chi connectivity index (χ3v) is 4.73. The van der Waals surface area contributed by atoms with Crippen molar-refractivity contribution >= 4 is 17.2 Å². The molecule has 1 atom stereocenters. The summed E-state index contributed by atoms with van der Waals surface area (Å²) in [6, 6.07) is 1.48. The molecule has 1 aromatic heterocycles. The van der Waals surface area contributed by atoms with Gasteiger partial charge in [0.1, 0.15) is 10.6 Å². The molecular weight excluding hydrogens is 326 g/mol. The summed E-state index contributed by atoms with van der Waals surface area (Å²) in [4.78, 5) is 15.6. The lowest BCUT2D eigenvalue weighted by Crippen LogP contribution is -2.48. The van der Waals surface area contributed by atoms with Gasteiger partial charge in [-0.3, -0.25) is 9.69 Å². The Morgan fingerprint density at radius 3 is 3.04 bits per heavy atom. The molecule has 1 saturated heterocycles. The molecule has 5 nitrogen and oxygen atoms in total. The van der Waals surface area contributed by atoms with Gasteiger partial charge in [0.2, 0.25) is 0 Å². The Balaban J connectivity index is 1.96. The van der Waals surface area contributed by atoms with Gasteiger partial charge in [-0.1, -0.05) is 0 Å². The predicted molar refractivity (Wildman–Crippen MR) is 84.5 cm³/mol. The molecule has 1 aromatic rings. The first kappa shape index (κ1) is 18.1. The Morgan fingerprint density at radius 1 is 1.57 bits per heavy atom. The van der Waals surface area contributed by atoms with Crippen molar-refractivity contribution in [2.24, 2.45) is 0 Å². The van der Waals surface area contributed by atoms with Crippen LogP contribution in [-0.2, 0) is 4.74 Å². The molecule has 2 heterocycles. The summed E-state index contributed by atoms with van der Waals surface area (Å²) in [5.41, 5.74) is 0. The Hall–Kier alpha value is -1.25. The van der Waals surface area contributed by atoms with E-state index in [4.69, 9.17) is 4.74 Å². The maximum absolute atomic E-state index is 12.4. The molecular formula is C15H22F2N2O3S. The van der Waals surface area contributed by atoms with Crippen LogP contribution in [0.25, 0.3) is 0 Å². The zero-order valence-electron chi connectivity index (χ0n) is 13.3. The summed E-state index contributed by atoms with van der Waals surface area (Å²) < 4.78 is 34.4. The van der Waals surface area contributed by atoms with Crippen molar-refractivity contribution in [1.29, 1.82) is 0 Å². The molecule has 0 bridgehead atoms. The average molecular weight is 348 g/mol. The average Bonchev–Trinajstić information content (AvgIpc) is 2.85. The highest BCUT2D eigenvalue weighted by atomic mass is 32.1. The molecule has 1 aliphatic heterocycles. The lowest BCUT2D eigenvalue weighted by molar-refractivity contribution is -0.0498. The molecule has 1 N–H and O–H groups in total. The Bertz CT molecular complexity index is 525. The van der Waals surface area contributed by atoms with Gasteiger partial charge in [0, 0.05) is 31.1 Å². The number of carbonyl (C=O) groups excluding carboxylic acids is 1. The van der Waals surface area contributed by atoms with Crippen LogP contribution in [0.3, 0.4) is 0 Å². The van der Waals surface area contributed by atoms with E-state index in [0.717, 1.165) is 48.7 Å². The number of methoxy groups -OCH3 is 1. The zero-order chi connectivity index (χ0) is 16.8. The number of hydrogen-bond donors (Lipinski definition) is 1. The maximum Gasteiger partial charge on any atom is 0.387 e. The first-order valence-electron chi connectivity index (χ1n) is 7.57. The van der Waals surface area contributed by atoms with Crippen LogP contribution in [0.5, 0.6) is 5.75 Å². The molecule has 0 aromatic carbocycles. The van der Waals surface area contributed by atoms with Crippen LogP contribution in [-0.4, -0.2) is 56.8 Å². The van der Waals surface area contributed by atoms with Gasteiger partial charge in [-0.05, 0) is 32.4 Å². The number of amides is 1. The molecule has 8 heteroatoms. The minimum atomic E-state index is -2.94.